The van der Waals surface area contributed by atoms with Crippen molar-refractivity contribution in [2.24, 2.45) is 0 Å². The molecule has 30 heavy (non-hydrogen) atoms. The summed E-state index contributed by atoms with van der Waals surface area (Å²) in [5, 5.41) is 3.01. The summed E-state index contributed by atoms with van der Waals surface area (Å²) in [6.07, 6.45) is -0.779. The SMILES string of the molecule is COC(=O)Oc1nc(-c2ccccc2)sc1C(C)c1ccc2cc(OC)ccc2c1. The zero-order valence-electron chi connectivity index (χ0n) is 16.9. The molecule has 0 fully saturated rings. The van der Waals surface area contributed by atoms with Crippen LogP contribution in [0.5, 0.6) is 11.6 Å². The van der Waals surface area contributed by atoms with Crippen LogP contribution < -0.4 is 9.47 Å². The van der Waals surface area contributed by atoms with Crippen molar-refractivity contribution >= 4 is 28.3 Å². The molecule has 0 aliphatic heterocycles. The van der Waals surface area contributed by atoms with Crippen LogP contribution in [0.4, 0.5) is 4.79 Å². The minimum atomic E-state index is -0.779. The second-order valence-corrected chi connectivity index (χ2v) is 7.84. The lowest BCUT2D eigenvalue weighted by Crippen LogP contribution is -2.09. The summed E-state index contributed by atoms with van der Waals surface area (Å²) in [7, 11) is 2.95. The van der Waals surface area contributed by atoms with E-state index in [0.717, 1.165) is 37.5 Å². The molecule has 6 heteroatoms. The molecule has 1 unspecified atom stereocenters. The topological polar surface area (TPSA) is 57.7 Å². The van der Waals surface area contributed by atoms with E-state index in [1.165, 1.54) is 18.4 Å². The minimum absolute atomic E-state index is 0.0221. The fourth-order valence-electron chi connectivity index (χ4n) is 3.28. The standard InChI is InChI=1S/C24H21NO4S/c1-15(17-9-10-19-14-20(27-2)12-11-18(19)13-17)21-22(29-24(26)28-3)25-23(30-21)16-7-5-4-6-8-16/h4-15H,1-3H3. The fourth-order valence-corrected chi connectivity index (χ4v) is 4.36. The maximum absolute atomic E-state index is 11.8. The predicted octanol–water partition coefficient (Wildman–Crippen LogP) is 6.27. The highest BCUT2D eigenvalue weighted by molar-refractivity contribution is 7.15. The number of hydrogen-bond donors (Lipinski definition) is 0. The largest absolute Gasteiger partial charge is 0.514 e. The third-order valence-corrected chi connectivity index (χ3v) is 6.22. The van der Waals surface area contributed by atoms with E-state index < -0.39 is 6.16 Å². The summed E-state index contributed by atoms with van der Waals surface area (Å²) in [5.41, 5.74) is 2.08. The molecule has 1 heterocycles. The maximum Gasteiger partial charge on any atom is 0.514 e. The Morgan fingerprint density at radius 3 is 2.43 bits per heavy atom. The van der Waals surface area contributed by atoms with Gasteiger partial charge in [-0.05, 0) is 28.5 Å². The van der Waals surface area contributed by atoms with Crippen molar-refractivity contribution in [3.8, 4) is 22.2 Å². The number of aromatic nitrogens is 1. The van der Waals surface area contributed by atoms with Crippen molar-refractivity contribution in [3.63, 3.8) is 0 Å². The molecule has 0 saturated heterocycles. The van der Waals surface area contributed by atoms with Crippen molar-refractivity contribution < 1.29 is 19.0 Å². The third-order valence-electron chi connectivity index (χ3n) is 4.95. The highest BCUT2D eigenvalue weighted by Gasteiger charge is 2.23. The monoisotopic (exact) mass is 419 g/mol. The first kappa shape index (κ1) is 19.9. The van der Waals surface area contributed by atoms with E-state index in [0.29, 0.717) is 0 Å². The molecular formula is C24H21NO4S. The van der Waals surface area contributed by atoms with Gasteiger partial charge in [0.05, 0.1) is 19.1 Å². The number of fused-ring (bicyclic) bond motifs is 1. The van der Waals surface area contributed by atoms with Crippen LogP contribution in [0, 0.1) is 0 Å². The van der Waals surface area contributed by atoms with Gasteiger partial charge in [-0.2, -0.15) is 0 Å². The number of carbonyl (C=O) groups excluding carboxylic acids is 1. The molecular weight excluding hydrogens is 398 g/mol. The molecule has 4 aromatic rings. The zero-order valence-corrected chi connectivity index (χ0v) is 17.7. The van der Waals surface area contributed by atoms with Crippen LogP contribution in [0.2, 0.25) is 0 Å². The Morgan fingerprint density at radius 2 is 1.70 bits per heavy atom. The first-order chi connectivity index (χ1) is 14.6. The van der Waals surface area contributed by atoms with Crippen LogP contribution in [-0.4, -0.2) is 25.4 Å². The molecule has 0 aliphatic rings. The van der Waals surface area contributed by atoms with Crippen LogP contribution in [-0.2, 0) is 4.74 Å². The lowest BCUT2D eigenvalue weighted by Gasteiger charge is -2.13. The Morgan fingerprint density at radius 1 is 0.967 bits per heavy atom. The van der Waals surface area contributed by atoms with Gasteiger partial charge in [-0.25, -0.2) is 9.78 Å². The van der Waals surface area contributed by atoms with Gasteiger partial charge < -0.3 is 14.2 Å². The summed E-state index contributed by atoms with van der Waals surface area (Å²) in [6, 6.07) is 22.1. The van der Waals surface area contributed by atoms with E-state index in [2.05, 4.69) is 34.8 Å². The number of thiazole rings is 1. The lowest BCUT2D eigenvalue weighted by atomic mass is 9.96. The summed E-state index contributed by atoms with van der Waals surface area (Å²) in [6.45, 7) is 2.08. The van der Waals surface area contributed by atoms with E-state index in [4.69, 9.17) is 9.47 Å². The third kappa shape index (κ3) is 4.00. The van der Waals surface area contributed by atoms with Crippen LogP contribution in [0.25, 0.3) is 21.3 Å². The molecule has 0 aliphatic carbocycles. The smallest absolute Gasteiger partial charge is 0.497 e. The molecule has 5 nitrogen and oxygen atoms in total. The van der Waals surface area contributed by atoms with Gasteiger partial charge in [0.25, 0.3) is 0 Å². The minimum Gasteiger partial charge on any atom is -0.497 e. The van der Waals surface area contributed by atoms with Gasteiger partial charge in [0, 0.05) is 11.5 Å². The Hall–Kier alpha value is -3.38. The molecule has 0 radical (unpaired) electrons. The van der Waals surface area contributed by atoms with E-state index in [-0.39, 0.29) is 11.8 Å². The van der Waals surface area contributed by atoms with Crippen molar-refractivity contribution in [1.29, 1.82) is 0 Å². The van der Waals surface area contributed by atoms with E-state index in [9.17, 15) is 4.79 Å². The fraction of sp³-hybridized carbons (Fsp3) is 0.167. The summed E-state index contributed by atoms with van der Waals surface area (Å²) >= 11 is 1.52. The highest BCUT2D eigenvalue weighted by atomic mass is 32.1. The van der Waals surface area contributed by atoms with Crippen molar-refractivity contribution in [2.45, 2.75) is 12.8 Å². The number of benzene rings is 3. The summed E-state index contributed by atoms with van der Waals surface area (Å²) in [5.74, 6) is 1.09. The number of carbonyl (C=O) groups is 1. The van der Waals surface area contributed by atoms with Crippen LogP contribution in [0.15, 0.2) is 66.7 Å². The predicted molar refractivity (Wildman–Crippen MR) is 119 cm³/mol. The van der Waals surface area contributed by atoms with Gasteiger partial charge in [0.1, 0.15) is 10.8 Å². The number of rotatable bonds is 5. The molecule has 0 saturated carbocycles. The molecule has 0 bridgehead atoms. The van der Waals surface area contributed by atoms with Gasteiger partial charge in [0.15, 0.2) is 0 Å². The average Bonchev–Trinajstić information content (AvgIpc) is 3.21. The molecule has 0 spiro atoms. The first-order valence-corrected chi connectivity index (χ1v) is 10.3. The van der Waals surface area contributed by atoms with Gasteiger partial charge in [-0.1, -0.05) is 61.5 Å². The first-order valence-electron chi connectivity index (χ1n) is 9.48. The quantitative estimate of drug-likeness (QED) is 0.357. The average molecular weight is 420 g/mol. The Balaban J connectivity index is 1.74. The van der Waals surface area contributed by atoms with Crippen molar-refractivity contribution in [1.82, 2.24) is 4.98 Å². The highest BCUT2D eigenvalue weighted by Crippen LogP contribution is 2.40. The second kappa shape index (κ2) is 8.55. The van der Waals surface area contributed by atoms with Crippen molar-refractivity contribution in [3.05, 3.63) is 77.2 Å². The Labute approximate surface area is 178 Å². The molecule has 4 rings (SSSR count). The second-order valence-electron chi connectivity index (χ2n) is 6.80. The maximum atomic E-state index is 11.8. The van der Waals surface area contributed by atoms with Gasteiger partial charge in [-0.3, -0.25) is 0 Å². The number of hydrogen-bond acceptors (Lipinski definition) is 6. The number of ether oxygens (including phenoxy) is 3. The number of nitrogens with zero attached hydrogens (tertiary/aromatic N) is 1. The Bertz CT molecular complexity index is 1190. The van der Waals surface area contributed by atoms with Gasteiger partial charge in [-0.15, -0.1) is 11.3 Å². The molecule has 0 amide bonds. The molecule has 0 N–H and O–H groups in total. The molecule has 1 aromatic heterocycles. The normalized spacial score (nSPS) is 11.8. The molecule has 1 atom stereocenters. The van der Waals surface area contributed by atoms with Crippen molar-refractivity contribution in [2.75, 3.05) is 14.2 Å². The lowest BCUT2D eigenvalue weighted by molar-refractivity contribution is 0.119. The summed E-state index contributed by atoms with van der Waals surface area (Å²) < 4.78 is 15.4. The molecule has 152 valence electrons. The number of methoxy groups -OCH3 is 2. The summed E-state index contributed by atoms with van der Waals surface area (Å²) in [4.78, 5) is 17.2. The van der Waals surface area contributed by atoms with Gasteiger partial charge in [0.2, 0.25) is 5.88 Å². The van der Waals surface area contributed by atoms with Crippen LogP contribution >= 0.6 is 11.3 Å². The Kier molecular flexibility index (Phi) is 5.68. The van der Waals surface area contributed by atoms with Crippen LogP contribution in [0.3, 0.4) is 0 Å². The van der Waals surface area contributed by atoms with Crippen LogP contribution in [0.1, 0.15) is 23.3 Å². The van der Waals surface area contributed by atoms with Gasteiger partial charge >= 0.3 is 6.16 Å². The van der Waals surface area contributed by atoms with E-state index >= 15 is 0 Å². The van der Waals surface area contributed by atoms with E-state index in [1.807, 2.05) is 48.5 Å². The van der Waals surface area contributed by atoms with E-state index in [1.54, 1.807) is 7.11 Å². The molecule has 3 aromatic carbocycles. The zero-order chi connectivity index (χ0) is 21.1.